The number of benzene rings is 2. The van der Waals surface area contributed by atoms with E-state index in [9.17, 15) is 13.2 Å². The van der Waals surface area contributed by atoms with Crippen LogP contribution in [-0.4, -0.2) is 31.7 Å². The summed E-state index contributed by atoms with van der Waals surface area (Å²) in [5.41, 5.74) is 1.30. The van der Waals surface area contributed by atoms with Crippen molar-refractivity contribution in [1.82, 2.24) is 4.31 Å². The Bertz CT molecular complexity index is 904. The van der Waals surface area contributed by atoms with E-state index in [-0.39, 0.29) is 9.93 Å². The molecule has 5 nitrogen and oxygen atoms in total. The molecule has 1 fully saturated rings. The van der Waals surface area contributed by atoms with Crippen LogP contribution in [0.25, 0.3) is 6.08 Å². The van der Waals surface area contributed by atoms with Crippen LogP contribution in [0.4, 0.5) is 5.69 Å². The summed E-state index contributed by atoms with van der Waals surface area (Å²) in [5.74, 6) is -0.453. The van der Waals surface area contributed by atoms with Gasteiger partial charge in [-0.2, -0.15) is 4.31 Å². The summed E-state index contributed by atoms with van der Waals surface area (Å²) in [6, 6.07) is 15.4. The van der Waals surface area contributed by atoms with Crippen molar-refractivity contribution in [2.45, 2.75) is 17.7 Å². The van der Waals surface area contributed by atoms with Crippen molar-refractivity contribution in [3.05, 3.63) is 65.2 Å². The molecule has 136 valence electrons. The van der Waals surface area contributed by atoms with Gasteiger partial charge in [-0.1, -0.05) is 41.9 Å². The average Bonchev–Trinajstić information content (AvgIpc) is 3.18. The van der Waals surface area contributed by atoms with Gasteiger partial charge < -0.3 is 5.32 Å². The molecule has 0 radical (unpaired) electrons. The molecule has 1 saturated heterocycles. The molecule has 0 bridgehead atoms. The molecule has 1 aliphatic heterocycles. The molecule has 1 heterocycles. The zero-order chi connectivity index (χ0) is 18.6. The monoisotopic (exact) mass is 390 g/mol. The Balaban J connectivity index is 1.69. The van der Waals surface area contributed by atoms with Crippen LogP contribution in [0.15, 0.2) is 64.5 Å². The first-order valence-electron chi connectivity index (χ1n) is 8.30. The van der Waals surface area contributed by atoms with Gasteiger partial charge >= 0.3 is 0 Å². The molecule has 0 atom stereocenters. The molecule has 1 amide bonds. The lowest BCUT2D eigenvalue weighted by molar-refractivity contribution is -0.112. The Hall–Kier alpha value is -2.15. The largest absolute Gasteiger partial charge is 0.321 e. The minimum absolute atomic E-state index is 0.0463. The van der Waals surface area contributed by atoms with Crippen LogP contribution in [0.3, 0.4) is 0 Å². The zero-order valence-electron chi connectivity index (χ0n) is 14.1. The van der Waals surface area contributed by atoms with Gasteiger partial charge in [-0.05, 0) is 48.7 Å². The molecular weight excluding hydrogens is 372 g/mol. The minimum atomic E-state index is -3.46. The number of nitrogens with one attached hydrogen (secondary N) is 1. The van der Waals surface area contributed by atoms with Crippen molar-refractivity contribution < 1.29 is 13.2 Å². The zero-order valence-corrected chi connectivity index (χ0v) is 15.6. The lowest BCUT2D eigenvalue weighted by Gasteiger charge is -2.15. The van der Waals surface area contributed by atoms with Crippen molar-refractivity contribution >= 4 is 39.3 Å². The van der Waals surface area contributed by atoms with E-state index in [2.05, 4.69) is 5.32 Å². The second-order valence-corrected chi connectivity index (χ2v) is 8.34. The number of sulfonamides is 1. The topological polar surface area (TPSA) is 66.5 Å². The normalized spacial score (nSPS) is 15.8. The molecule has 7 heteroatoms. The van der Waals surface area contributed by atoms with E-state index in [1.54, 1.807) is 18.2 Å². The third-order valence-corrected chi connectivity index (χ3v) is 6.32. The number of hydrogen-bond donors (Lipinski definition) is 1. The first-order valence-corrected chi connectivity index (χ1v) is 10.1. The maximum Gasteiger partial charge on any atom is 0.267 e. The Morgan fingerprint density at radius 2 is 1.62 bits per heavy atom. The third kappa shape index (κ3) is 4.33. The van der Waals surface area contributed by atoms with Gasteiger partial charge in [0, 0.05) is 18.8 Å². The predicted molar refractivity (Wildman–Crippen MR) is 103 cm³/mol. The van der Waals surface area contributed by atoms with Gasteiger partial charge in [0.05, 0.1) is 4.90 Å². The van der Waals surface area contributed by atoms with E-state index in [1.807, 2.05) is 30.3 Å². The maximum atomic E-state index is 12.5. The van der Waals surface area contributed by atoms with Crippen LogP contribution in [0, 0.1) is 0 Å². The second-order valence-electron chi connectivity index (χ2n) is 5.99. The highest BCUT2D eigenvalue weighted by Crippen LogP contribution is 2.22. The fraction of sp³-hybridized carbons (Fsp3) is 0.211. The number of anilines is 1. The minimum Gasteiger partial charge on any atom is -0.321 e. The molecule has 1 aliphatic rings. The summed E-state index contributed by atoms with van der Waals surface area (Å²) >= 11 is 6.05. The number of rotatable bonds is 5. The second kappa shape index (κ2) is 8.03. The highest BCUT2D eigenvalue weighted by molar-refractivity contribution is 7.89. The molecule has 26 heavy (non-hydrogen) atoms. The highest BCUT2D eigenvalue weighted by Gasteiger charge is 2.26. The summed E-state index contributed by atoms with van der Waals surface area (Å²) in [6.07, 6.45) is 3.35. The van der Waals surface area contributed by atoms with Crippen molar-refractivity contribution in [2.75, 3.05) is 18.4 Å². The highest BCUT2D eigenvalue weighted by atomic mass is 35.5. The lowest BCUT2D eigenvalue weighted by atomic mass is 10.2. The Kier molecular flexibility index (Phi) is 5.76. The molecule has 0 spiro atoms. The fourth-order valence-electron chi connectivity index (χ4n) is 2.74. The van der Waals surface area contributed by atoms with E-state index >= 15 is 0 Å². The Morgan fingerprint density at radius 3 is 2.23 bits per heavy atom. The maximum absolute atomic E-state index is 12.5. The Morgan fingerprint density at radius 1 is 1.00 bits per heavy atom. The molecule has 0 saturated carbocycles. The Labute approximate surface area is 158 Å². The molecule has 3 rings (SSSR count). The first-order chi connectivity index (χ1) is 12.5. The fourth-order valence-corrected chi connectivity index (χ4v) is 4.43. The van der Waals surface area contributed by atoms with Crippen molar-refractivity contribution in [2.24, 2.45) is 0 Å². The van der Waals surface area contributed by atoms with E-state index in [4.69, 9.17) is 11.6 Å². The molecule has 0 aliphatic carbocycles. The number of nitrogens with zero attached hydrogens (tertiary/aromatic N) is 1. The number of carbonyl (C=O) groups is 1. The van der Waals surface area contributed by atoms with Crippen molar-refractivity contribution in [1.29, 1.82) is 0 Å². The number of halogens is 1. The van der Waals surface area contributed by atoms with Crippen LogP contribution in [0.5, 0.6) is 0 Å². The molecular formula is C19H19ClN2O3S. The van der Waals surface area contributed by atoms with Gasteiger partial charge in [0.25, 0.3) is 5.91 Å². The van der Waals surface area contributed by atoms with Gasteiger partial charge in [-0.3, -0.25) is 4.79 Å². The van der Waals surface area contributed by atoms with Gasteiger partial charge in [-0.15, -0.1) is 0 Å². The van der Waals surface area contributed by atoms with Crippen molar-refractivity contribution in [3.8, 4) is 0 Å². The summed E-state index contributed by atoms with van der Waals surface area (Å²) in [6.45, 7) is 1.11. The van der Waals surface area contributed by atoms with E-state index in [1.165, 1.54) is 16.4 Å². The van der Waals surface area contributed by atoms with Crippen LogP contribution in [0.2, 0.25) is 0 Å². The quantitative estimate of drug-likeness (QED) is 0.792. The molecule has 2 aromatic carbocycles. The first kappa shape index (κ1) is 18.6. The summed E-state index contributed by atoms with van der Waals surface area (Å²) < 4.78 is 26.5. The molecule has 0 aromatic heterocycles. The van der Waals surface area contributed by atoms with E-state index in [0.29, 0.717) is 18.8 Å². The molecule has 1 N–H and O–H groups in total. The summed E-state index contributed by atoms with van der Waals surface area (Å²) in [7, 11) is -3.46. The van der Waals surface area contributed by atoms with Crippen LogP contribution < -0.4 is 5.32 Å². The lowest BCUT2D eigenvalue weighted by Crippen LogP contribution is -2.27. The van der Waals surface area contributed by atoms with Gasteiger partial charge in [0.15, 0.2) is 0 Å². The van der Waals surface area contributed by atoms with E-state index in [0.717, 1.165) is 18.4 Å². The number of carbonyl (C=O) groups excluding carboxylic acids is 1. The smallest absolute Gasteiger partial charge is 0.267 e. The molecule has 2 aromatic rings. The van der Waals surface area contributed by atoms with Crippen LogP contribution in [-0.2, 0) is 14.8 Å². The summed E-state index contributed by atoms with van der Waals surface area (Å²) in [4.78, 5) is 12.4. The van der Waals surface area contributed by atoms with Crippen LogP contribution in [0.1, 0.15) is 18.4 Å². The summed E-state index contributed by atoms with van der Waals surface area (Å²) in [5, 5.41) is 2.71. The van der Waals surface area contributed by atoms with Gasteiger partial charge in [0.1, 0.15) is 5.03 Å². The average molecular weight is 391 g/mol. The third-order valence-electron chi connectivity index (χ3n) is 4.12. The molecule has 0 unspecified atom stereocenters. The predicted octanol–water partition coefficient (Wildman–Crippen LogP) is 3.69. The van der Waals surface area contributed by atoms with Gasteiger partial charge in [-0.25, -0.2) is 8.42 Å². The standard InChI is InChI=1S/C19H19ClN2O3S/c20-18(14-15-6-2-1-3-7-15)19(23)21-16-8-10-17(11-9-16)26(24,25)22-12-4-5-13-22/h1-3,6-11,14H,4-5,12-13H2,(H,21,23). The number of hydrogen-bond acceptors (Lipinski definition) is 3. The van der Waals surface area contributed by atoms with Gasteiger partial charge in [0.2, 0.25) is 10.0 Å². The van der Waals surface area contributed by atoms with Crippen LogP contribution >= 0.6 is 11.6 Å². The number of amides is 1. The van der Waals surface area contributed by atoms with Crippen molar-refractivity contribution in [3.63, 3.8) is 0 Å². The van der Waals surface area contributed by atoms with E-state index < -0.39 is 15.9 Å². The SMILES string of the molecule is O=C(Nc1ccc(S(=O)(=O)N2CCCC2)cc1)C(Cl)=Cc1ccccc1.